The summed E-state index contributed by atoms with van der Waals surface area (Å²) in [7, 11) is 1.66. The van der Waals surface area contributed by atoms with Crippen molar-refractivity contribution in [3.05, 3.63) is 46.8 Å². The Morgan fingerprint density at radius 2 is 2.04 bits per heavy atom. The van der Waals surface area contributed by atoms with E-state index in [1.807, 2.05) is 51.1 Å². The van der Waals surface area contributed by atoms with E-state index in [1.54, 1.807) is 13.3 Å². The molecular weight excluding hydrogens is 362 g/mol. The Kier molecular flexibility index (Phi) is 5.65. The topological polar surface area (TPSA) is 70.5 Å². The van der Waals surface area contributed by atoms with Crippen LogP contribution in [0, 0.1) is 6.92 Å². The second kappa shape index (κ2) is 7.66. The molecule has 6 nitrogen and oxygen atoms in total. The highest BCUT2D eigenvalue weighted by molar-refractivity contribution is 7.90. The Hall–Kier alpha value is -1.83. The summed E-state index contributed by atoms with van der Waals surface area (Å²) in [6.07, 6.45) is 1.80. The van der Waals surface area contributed by atoms with Gasteiger partial charge in [-0.15, -0.1) is 4.31 Å². The maximum Gasteiger partial charge on any atom is 0.316 e. The number of rotatable bonds is 5. The number of ether oxygens (including phenoxy) is 2. The molecular formula is C20H27N3O3S. The van der Waals surface area contributed by atoms with Crippen molar-refractivity contribution in [3.8, 4) is 11.8 Å². The average Bonchev–Trinajstić information content (AvgIpc) is 2.99. The van der Waals surface area contributed by atoms with E-state index in [9.17, 15) is 4.55 Å². The molecule has 0 spiro atoms. The van der Waals surface area contributed by atoms with Gasteiger partial charge in [0.1, 0.15) is 16.5 Å². The largest absolute Gasteiger partial charge is 0.597 e. The van der Waals surface area contributed by atoms with Crippen molar-refractivity contribution in [1.29, 1.82) is 0 Å². The number of hydrogen-bond donors (Lipinski definition) is 0. The third kappa shape index (κ3) is 3.77. The molecule has 0 saturated heterocycles. The SMILES string of the molecule is CCOc1ncc2c(n1)CN([S+]([O-])C(C)(C)C)[C@@H]2c1cccc(OC)c1C. The van der Waals surface area contributed by atoms with Gasteiger partial charge in [-0.1, -0.05) is 12.1 Å². The highest BCUT2D eigenvalue weighted by atomic mass is 32.2. The van der Waals surface area contributed by atoms with Crippen molar-refractivity contribution in [2.24, 2.45) is 0 Å². The molecule has 7 heteroatoms. The van der Waals surface area contributed by atoms with Crippen molar-refractivity contribution in [2.45, 2.75) is 52.0 Å². The first kappa shape index (κ1) is 19.9. The summed E-state index contributed by atoms with van der Waals surface area (Å²) in [5.41, 5.74) is 3.91. The van der Waals surface area contributed by atoms with Crippen LogP contribution in [0.15, 0.2) is 24.4 Å². The van der Waals surface area contributed by atoms with Crippen molar-refractivity contribution in [3.63, 3.8) is 0 Å². The summed E-state index contributed by atoms with van der Waals surface area (Å²) in [6, 6.07) is 6.13. The standard InChI is InChI=1S/C20H27N3O3S/c1-7-26-19-21-11-15-16(22-19)12-23(27(24)20(3,4)5)18(15)14-9-8-10-17(25-6)13(14)2/h8-11,18H,7,12H2,1-6H3/t18-,27?/m1/s1. The van der Waals surface area contributed by atoms with Crippen LogP contribution in [-0.2, 0) is 17.9 Å². The lowest BCUT2D eigenvalue weighted by Gasteiger charge is -2.34. The summed E-state index contributed by atoms with van der Waals surface area (Å²) in [5.74, 6) is 0.814. The van der Waals surface area contributed by atoms with Gasteiger partial charge in [-0.3, -0.25) is 0 Å². The molecule has 3 rings (SSSR count). The predicted octanol–water partition coefficient (Wildman–Crippen LogP) is 3.56. The number of benzene rings is 1. The molecule has 0 radical (unpaired) electrons. The second-order valence-electron chi connectivity index (χ2n) is 7.50. The van der Waals surface area contributed by atoms with Gasteiger partial charge >= 0.3 is 6.01 Å². The number of hydrogen-bond acceptors (Lipinski definition) is 6. The number of methoxy groups -OCH3 is 1. The van der Waals surface area contributed by atoms with Gasteiger partial charge in [0.15, 0.2) is 0 Å². The van der Waals surface area contributed by atoms with Gasteiger partial charge < -0.3 is 14.0 Å². The number of nitrogens with zero attached hydrogens (tertiary/aromatic N) is 3. The van der Waals surface area contributed by atoms with Crippen molar-refractivity contribution in [2.75, 3.05) is 13.7 Å². The van der Waals surface area contributed by atoms with Crippen LogP contribution >= 0.6 is 0 Å². The molecule has 1 unspecified atom stereocenters. The fourth-order valence-corrected chi connectivity index (χ4v) is 4.70. The second-order valence-corrected chi connectivity index (χ2v) is 9.69. The molecule has 2 atom stereocenters. The summed E-state index contributed by atoms with van der Waals surface area (Å²) in [5, 5.41) is 0. The van der Waals surface area contributed by atoms with E-state index < -0.39 is 11.4 Å². The molecule has 0 aliphatic carbocycles. The lowest BCUT2D eigenvalue weighted by molar-refractivity contribution is 0.311. The molecule has 1 aliphatic heterocycles. The molecule has 0 N–H and O–H groups in total. The Morgan fingerprint density at radius 1 is 1.30 bits per heavy atom. The molecule has 146 valence electrons. The molecule has 1 aromatic heterocycles. The van der Waals surface area contributed by atoms with Gasteiger partial charge in [0.2, 0.25) is 0 Å². The fourth-order valence-electron chi connectivity index (χ4n) is 3.33. The third-order valence-corrected chi connectivity index (χ3v) is 6.43. The first-order valence-electron chi connectivity index (χ1n) is 9.08. The molecule has 2 heterocycles. The van der Waals surface area contributed by atoms with Gasteiger partial charge in [-0.05, 0) is 51.8 Å². The molecule has 2 aromatic rings. The zero-order valence-corrected chi connectivity index (χ0v) is 17.6. The zero-order valence-electron chi connectivity index (χ0n) is 16.8. The van der Waals surface area contributed by atoms with Gasteiger partial charge in [-0.2, -0.15) is 4.98 Å². The molecule has 1 aromatic carbocycles. The van der Waals surface area contributed by atoms with Crippen LogP contribution in [0.2, 0.25) is 0 Å². The van der Waals surface area contributed by atoms with Crippen LogP contribution in [0.5, 0.6) is 11.8 Å². The van der Waals surface area contributed by atoms with Crippen LogP contribution in [0.4, 0.5) is 0 Å². The molecule has 0 amide bonds. The van der Waals surface area contributed by atoms with Gasteiger partial charge in [0.25, 0.3) is 0 Å². The first-order chi connectivity index (χ1) is 12.8. The highest BCUT2D eigenvalue weighted by Crippen LogP contribution is 2.44. The van der Waals surface area contributed by atoms with Gasteiger partial charge in [0, 0.05) is 23.1 Å². The number of fused-ring (bicyclic) bond motifs is 1. The Morgan fingerprint density at radius 3 is 2.67 bits per heavy atom. The zero-order chi connectivity index (χ0) is 19.8. The Labute approximate surface area is 164 Å². The van der Waals surface area contributed by atoms with E-state index in [-0.39, 0.29) is 10.8 Å². The minimum atomic E-state index is -1.21. The monoisotopic (exact) mass is 389 g/mol. The van der Waals surface area contributed by atoms with E-state index in [0.29, 0.717) is 19.2 Å². The van der Waals surface area contributed by atoms with Gasteiger partial charge in [-0.25, -0.2) is 4.98 Å². The lowest BCUT2D eigenvalue weighted by atomic mass is 9.97. The van der Waals surface area contributed by atoms with E-state index in [4.69, 9.17) is 9.47 Å². The minimum Gasteiger partial charge on any atom is -0.597 e. The molecule has 27 heavy (non-hydrogen) atoms. The van der Waals surface area contributed by atoms with Crippen molar-refractivity contribution >= 4 is 11.4 Å². The normalized spacial score (nSPS) is 18.3. The van der Waals surface area contributed by atoms with Crippen LogP contribution in [0.1, 0.15) is 56.1 Å². The smallest absolute Gasteiger partial charge is 0.316 e. The van der Waals surface area contributed by atoms with E-state index in [2.05, 4.69) is 16.0 Å². The summed E-state index contributed by atoms with van der Waals surface area (Å²) >= 11 is -1.21. The maximum atomic E-state index is 13.3. The molecule has 0 saturated carbocycles. The van der Waals surface area contributed by atoms with Crippen LogP contribution in [-0.4, -0.2) is 37.3 Å². The van der Waals surface area contributed by atoms with E-state index in [0.717, 1.165) is 28.1 Å². The summed E-state index contributed by atoms with van der Waals surface area (Å²) in [6.45, 7) is 10.9. The molecule has 0 fully saturated rings. The molecule has 1 aliphatic rings. The maximum absolute atomic E-state index is 13.3. The third-order valence-electron chi connectivity index (χ3n) is 4.62. The Bertz CT molecular complexity index is 823. The van der Waals surface area contributed by atoms with E-state index >= 15 is 0 Å². The fraction of sp³-hybridized carbons (Fsp3) is 0.500. The van der Waals surface area contributed by atoms with Crippen molar-refractivity contribution in [1.82, 2.24) is 14.3 Å². The molecule has 0 bridgehead atoms. The summed E-state index contributed by atoms with van der Waals surface area (Å²) in [4.78, 5) is 8.92. The van der Waals surface area contributed by atoms with E-state index in [1.165, 1.54) is 0 Å². The number of aromatic nitrogens is 2. The predicted molar refractivity (Wildman–Crippen MR) is 106 cm³/mol. The lowest BCUT2D eigenvalue weighted by Crippen LogP contribution is -2.42. The minimum absolute atomic E-state index is 0.189. The van der Waals surface area contributed by atoms with Crippen LogP contribution < -0.4 is 9.47 Å². The van der Waals surface area contributed by atoms with Crippen LogP contribution in [0.3, 0.4) is 0 Å². The van der Waals surface area contributed by atoms with Gasteiger partial charge in [0.05, 0.1) is 26.0 Å². The van der Waals surface area contributed by atoms with Crippen LogP contribution in [0.25, 0.3) is 0 Å². The quantitative estimate of drug-likeness (QED) is 0.728. The summed E-state index contributed by atoms with van der Waals surface area (Å²) < 4.78 is 25.9. The first-order valence-corrected chi connectivity index (χ1v) is 10.2. The highest BCUT2D eigenvalue weighted by Gasteiger charge is 2.45. The van der Waals surface area contributed by atoms with Crippen molar-refractivity contribution < 1.29 is 14.0 Å². The average molecular weight is 390 g/mol. The Balaban J connectivity index is 2.12.